The van der Waals surface area contributed by atoms with E-state index in [9.17, 15) is 0 Å². The highest BCUT2D eigenvalue weighted by Gasteiger charge is 2.61. The highest BCUT2D eigenvalue weighted by Crippen LogP contribution is 2.66. The zero-order chi connectivity index (χ0) is 62.5. The molecule has 6 heteroatoms. The first-order valence-corrected chi connectivity index (χ1v) is 42.3. The molecule has 0 aromatic carbocycles. The zero-order valence-electron chi connectivity index (χ0n) is 58.5. The second-order valence-corrected chi connectivity index (χ2v) is 35.5. The van der Waals surface area contributed by atoms with Gasteiger partial charge in [-0.2, -0.15) is 0 Å². The summed E-state index contributed by atoms with van der Waals surface area (Å²) in [6.07, 6.45) is 58.2. The molecule has 5 aliphatic rings. The number of thiophene rings is 4. The van der Waals surface area contributed by atoms with E-state index in [-0.39, 0.29) is 29.1 Å². The van der Waals surface area contributed by atoms with E-state index in [1.54, 1.807) is 20.9 Å². The van der Waals surface area contributed by atoms with Gasteiger partial charge in [0, 0.05) is 56.3 Å². The monoisotopic (exact) mass is 1290 g/mol. The summed E-state index contributed by atoms with van der Waals surface area (Å²) in [6.45, 7) is 18.7. The second kappa shape index (κ2) is 36.9. The Balaban J connectivity index is 1.04. The third kappa shape index (κ3) is 18.4. The van der Waals surface area contributed by atoms with Gasteiger partial charge < -0.3 is 0 Å². The molecule has 498 valence electrons. The number of carbonyl (C=O) groups is 2. The molecule has 0 amide bonds. The number of rotatable bonds is 45. The van der Waals surface area contributed by atoms with E-state index in [0.717, 1.165) is 37.5 Å². The number of hydrogen-bond donors (Lipinski definition) is 0. The molecule has 0 radical (unpaired) electrons. The Hall–Kier alpha value is -1.86. The molecule has 2 nitrogen and oxygen atoms in total. The Kier molecular flexibility index (Phi) is 29.6. The average molecular weight is 1290 g/mol. The highest BCUT2D eigenvalue weighted by molar-refractivity contribution is 7.27. The number of Topliss-reactive ketones (excluding diaryl/α,β-unsaturated/α-hetero) is 2. The van der Waals surface area contributed by atoms with Crippen molar-refractivity contribution in [2.75, 3.05) is 0 Å². The van der Waals surface area contributed by atoms with Crippen LogP contribution in [-0.2, 0) is 15.0 Å². The minimum absolute atomic E-state index is 0.0102. The normalized spacial score (nSPS) is 24.9. The van der Waals surface area contributed by atoms with Crippen LogP contribution in [0.1, 0.15) is 367 Å². The van der Waals surface area contributed by atoms with E-state index in [0.29, 0.717) is 47.1 Å². The molecule has 12 atom stereocenters. The van der Waals surface area contributed by atoms with Gasteiger partial charge in [-0.25, -0.2) is 0 Å². The number of hydrogen-bond acceptors (Lipinski definition) is 6. The minimum Gasteiger partial charge on any atom is -0.299 e. The quantitative estimate of drug-likeness (QED) is 0.0413. The van der Waals surface area contributed by atoms with Crippen LogP contribution in [-0.4, -0.2) is 11.6 Å². The van der Waals surface area contributed by atoms with Crippen molar-refractivity contribution in [1.82, 2.24) is 0 Å². The molecule has 89 heavy (non-hydrogen) atoms. The molecule has 4 saturated carbocycles. The van der Waals surface area contributed by atoms with Crippen molar-refractivity contribution >= 4 is 56.9 Å². The zero-order valence-corrected chi connectivity index (χ0v) is 61.7. The molecule has 4 aromatic rings. The van der Waals surface area contributed by atoms with E-state index >= 15 is 9.59 Å². The summed E-state index contributed by atoms with van der Waals surface area (Å²) in [5.41, 5.74) is 3.42. The summed E-state index contributed by atoms with van der Waals surface area (Å²) < 4.78 is 0. The lowest BCUT2D eigenvalue weighted by molar-refractivity contribution is -0.134. The Morgan fingerprint density at radius 1 is 0.382 bits per heavy atom. The van der Waals surface area contributed by atoms with Crippen LogP contribution in [0, 0.1) is 73.0 Å². The van der Waals surface area contributed by atoms with Crippen LogP contribution in [0.5, 0.6) is 0 Å². The lowest BCUT2D eigenvalue weighted by atomic mass is 9.49. The van der Waals surface area contributed by atoms with Crippen molar-refractivity contribution in [3.8, 4) is 19.5 Å². The topological polar surface area (TPSA) is 34.1 Å². The predicted molar refractivity (Wildman–Crippen MR) is 393 cm³/mol. The predicted octanol–water partition coefficient (Wildman–Crippen LogP) is 28.0. The van der Waals surface area contributed by atoms with Crippen molar-refractivity contribution in [2.24, 2.45) is 59.2 Å². The first-order chi connectivity index (χ1) is 43.6. The lowest BCUT2D eigenvalue weighted by Gasteiger charge is -2.55. The molecule has 4 heterocycles. The maximum absolute atomic E-state index is 16.1. The summed E-state index contributed by atoms with van der Waals surface area (Å²) >= 11 is 8.04. The minimum atomic E-state index is 0.0102. The van der Waals surface area contributed by atoms with Crippen LogP contribution in [0.4, 0.5) is 0 Å². The van der Waals surface area contributed by atoms with Gasteiger partial charge in [0.2, 0.25) is 0 Å². The second-order valence-electron chi connectivity index (χ2n) is 30.8. The number of unbranched alkanes of at least 4 members (excludes halogenated alkanes) is 26. The molecule has 5 aliphatic carbocycles. The van der Waals surface area contributed by atoms with Gasteiger partial charge in [0.1, 0.15) is 11.6 Å². The van der Waals surface area contributed by atoms with Crippen LogP contribution < -0.4 is 0 Å². The molecule has 0 saturated heterocycles. The van der Waals surface area contributed by atoms with E-state index in [1.807, 2.05) is 22.7 Å². The molecule has 0 spiro atoms. The van der Waals surface area contributed by atoms with Crippen molar-refractivity contribution < 1.29 is 9.59 Å². The Morgan fingerprint density at radius 3 is 1.20 bits per heavy atom. The SMILES string of the molecule is CCCCCCCCCCC(CCCCCC)CC1C2CC(c3ccc(C)s3)C(=O)C2CC2C(CC(CCCCCC)CCCCCCCCCC)C3CC(c4ccc(-c5cc6c(s5)-c5sc(C)cc5C6(CCCCCC)CCCCCC)s4)C(=O)C3CC12. The van der Waals surface area contributed by atoms with E-state index in [4.69, 9.17) is 0 Å². The van der Waals surface area contributed by atoms with Crippen LogP contribution in [0.25, 0.3) is 19.5 Å². The standard InChI is InChI=1S/C83H130O2S4/c1-9-15-21-27-29-31-33-37-43-61(41-35-23-17-11-3)52-63-66-55-70-68(64(53-62(42-36-24-18-12-4)44-38-34-32-30-28-22-16-10-2)65(66)54-69-67(63)56-71(79(69)84)75-46-45-59(7)86-75)57-72(80(70)85)76-47-48-77(88-76)78-58-74-82(89-78)81-73(51-60(8)87-81)83(74,49-39-25-19-13-5)50-40-26-20-14-6/h45-48,51,58,61-72H,9-44,49-50,52-57H2,1-8H3. The molecule has 0 N–H and O–H groups in total. The molecule has 12 unspecified atom stereocenters. The maximum Gasteiger partial charge on any atom is 0.144 e. The third-order valence-electron chi connectivity index (χ3n) is 24.4. The van der Waals surface area contributed by atoms with Gasteiger partial charge in [-0.05, 0) is 160 Å². The van der Waals surface area contributed by atoms with Gasteiger partial charge in [0.25, 0.3) is 0 Å². The average Bonchev–Trinajstić information content (AvgIpc) is 1.58. The summed E-state index contributed by atoms with van der Waals surface area (Å²) in [5.74, 6) is 6.24. The summed E-state index contributed by atoms with van der Waals surface area (Å²) in [7, 11) is 0. The number of carbonyl (C=O) groups excluding carboxylic acids is 2. The van der Waals surface area contributed by atoms with Gasteiger partial charge >= 0.3 is 0 Å². The van der Waals surface area contributed by atoms with E-state index in [1.165, 1.54) is 286 Å². The maximum atomic E-state index is 16.1. The first kappa shape index (κ1) is 71.4. The van der Waals surface area contributed by atoms with Crippen molar-refractivity contribution in [2.45, 2.75) is 355 Å². The van der Waals surface area contributed by atoms with Crippen molar-refractivity contribution in [3.63, 3.8) is 0 Å². The van der Waals surface area contributed by atoms with Crippen LogP contribution in [0.2, 0.25) is 0 Å². The highest BCUT2D eigenvalue weighted by atomic mass is 32.1. The lowest BCUT2D eigenvalue weighted by Crippen LogP contribution is -2.50. The molecular formula is C83H130O2S4. The van der Waals surface area contributed by atoms with Gasteiger partial charge in [-0.15, -0.1) is 45.3 Å². The van der Waals surface area contributed by atoms with E-state index < -0.39 is 0 Å². The fourth-order valence-corrected chi connectivity index (χ4v) is 24.4. The number of ketones is 2. The Bertz CT molecular complexity index is 2660. The van der Waals surface area contributed by atoms with Gasteiger partial charge in [0.05, 0.1) is 11.8 Å². The van der Waals surface area contributed by atoms with Gasteiger partial charge in [0.15, 0.2) is 0 Å². The van der Waals surface area contributed by atoms with Gasteiger partial charge in [-0.1, -0.05) is 273 Å². The largest absolute Gasteiger partial charge is 0.299 e. The Morgan fingerprint density at radius 2 is 0.764 bits per heavy atom. The molecule has 9 rings (SSSR count). The third-order valence-corrected chi connectivity index (χ3v) is 29.3. The van der Waals surface area contributed by atoms with Crippen LogP contribution in [0.15, 0.2) is 36.4 Å². The molecule has 4 aromatic heterocycles. The van der Waals surface area contributed by atoms with Crippen LogP contribution in [0.3, 0.4) is 0 Å². The molecule has 4 fully saturated rings. The summed E-state index contributed by atoms with van der Waals surface area (Å²) in [6, 6.07) is 14.8. The molecular weight excluding hydrogens is 1160 g/mol. The summed E-state index contributed by atoms with van der Waals surface area (Å²) in [5, 5.41) is 0. The molecule has 0 bridgehead atoms. The number of fused-ring (bicyclic) bond motifs is 6. The van der Waals surface area contributed by atoms with Crippen LogP contribution >= 0.6 is 45.3 Å². The van der Waals surface area contributed by atoms with Gasteiger partial charge in [-0.3, -0.25) is 9.59 Å². The van der Waals surface area contributed by atoms with Crippen molar-refractivity contribution in [1.29, 1.82) is 0 Å². The van der Waals surface area contributed by atoms with Crippen molar-refractivity contribution in [3.05, 3.63) is 67.0 Å². The van der Waals surface area contributed by atoms with E-state index in [2.05, 4.69) is 114 Å². The Labute approximate surface area is 563 Å². The first-order valence-electron chi connectivity index (χ1n) is 39.1. The fourth-order valence-electron chi connectivity index (χ4n) is 19.6. The molecule has 0 aliphatic heterocycles. The smallest absolute Gasteiger partial charge is 0.144 e. The number of aryl methyl sites for hydroxylation is 2. The fraction of sp³-hybridized carbons (Fsp3) is 0.783. The summed E-state index contributed by atoms with van der Waals surface area (Å²) in [4.78, 5) is 43.1.